The molecular formula is C16H24O. The van der Waals surface area contributed by atoms with Gasteiger partial charge in [0.2, 0.25) is 0 Å². The molecule has 94 valence electrons. The Balaban J connectivity index is 2.68. The molecule has 0 N–H and O–H groups in total. The molecule has 1 unspecified atom stereocenters. The SMILES string of the molecule is C/C=C\C(C)Cc1ccc(OCCC)cc1C. The lowest BCUT2D eigenvalue weighted by Crippen LogP contribution is -2.00. The van der Waals surface area contributed by atoms with Gasteiger partial charge in [0.25, 0.3) is 0 Å². The van der Waals surface area contributed by atoms with Gasteiger partial charge in [-0.1, -0.05) is 32.1 Å². The van der Waals surface area contributed by atoms with Crippen LogP contribution in [-0.2, 0) is 6.42 Å². The number of benzene rings is 1. The van der Waals surface area contributed by atoms with Crippen molar-refractivity contribution in [2.75, 3.05) is 6.61 Å². The van der Waals surface area contributed by atoms with Crippen molar-refractivity contribution in [3.8, 4) is 5.75 Å². The maximum atomic E-state index is 5.63. The molecule has 17 heavy (non-hydrogen) atoms. The van der Waals surface area contributed by atoms with Gasteiger partial charge in [0, 0.05) is 0 Å². The minimum Gasteiger partial charge on any atom is -0.494 e. The van der Waals surface area contributed by atoms with E-state index in [0.29, 0.717) is 5.92 Å². The third kappa shape index (κ3) is 4.64. The van der Waals surface area contributed by atoms with Crippen LogP contribution in [0.1, 0.15) is 38.3 Å². The molecule has 0 spiro atoms. The molecule has 0 radical (unpaired) electrons. The molecule has 1 aromatic rings. The van der Waals surface area contributed by atoms with Gasteiger partial charge in [-0.3, -0.25) is 0 Å². The summed E-state index contributed by atoms with van der Waals surface area (Å²) >= 11 is 0. The molecule has 0 aliphatic rings. The van der Waals surface area contributed by atoms with Crippen LogP contribution in [0, 0.1) is 12.8 Å². The number of allylic oxidation sites excluding steroid dienone is 2. The predicted octanol–water partition coefficient (Wildman–Crippen LogP) is 4.54. The minimum absolute atomic E-state index is 0.598. The van der Waals surface area contributed by atoms with Gasteiger partial charge >= 0.3 is 0 Å². The van der Waals surface area contributed by atoms with Crippen LogP contribution in [0.3, 0.4) is 0 Å². The first kappa shape index (κ1) is 13.8. The van der Waals surface area contributed by atoms with Gasteiger partial charge in [-0.25, -0.2) is 0 Å². The van der Waals surface area contributed by atoms with Crippen LogP contribution in [0.5, 0.6) is 5.75 Å². The van der Waals surface area contributed by atoms with Crippen LogP contribution in [0.15, 0.2) is 30.4 Å². The molecule has 0 saturated heterocycles. The largest absolute Gasteiger partial charge is 0.494 e. The molecule has 0 aliphatic carbocycles. The van der Waals surface area contributed by atoms with E-state index in [1.807, 2.05) is 0 Å². The van der Waals surface area contributed by atoms with Crippen LogP contribution >= 0.6 is 0 Å². The first-order valence-electron chi connectivity index (χ1n) is 6.52. The third-order valence-electron chi connectivity index (χ3n) is 2.85. The van der Waals surface area contributed by atoms with E-state index in [1.54, 1.807) is 0 Å². The Kier molecular flexibility index (Phi) is 5.82. The fourth-order valence-electron chi connectivity index (χ4n) is 1.95. The summed E-state index contributed by atoms with van der Waals surface area (Å²) in [6.07, 6.45) is 6.53. The van der Waals surface area contributed by atoms with Crippen LogP contribution in [-0.4, -0.2) is 6.61 Å². The molecular weight excluding hydrogens is 208 g/mol. The van der Waals surface area contributed by atoms with Crippen molar-refractivity contribution in [1.29, 1.82) is 0 Å². The smallest absolute Gasteiger partial charge is 0.119 e. The van der Waals surface area contributed by atoms with Crippen molar-refractivity contribution in [3.63, 3.8) is 0 Å². The molecule has 0 aliphatic heterocycles. The molecule has 0 saturated carbocycles. The maximum Gasteiger partial charge on any atom is 0.119 e. The van der Waals surface area contributed by atoms with Crippen molar-refractivity contribution in [2.24, 2.45) is 5.92 Å². The Labute approximate surface area is 106 Å². The van der Waals surface area contributed by atoms with Gasteiger partial charge in [-0.2, -0.15) is 0 Å². The minimum atomic E-state index is 0.598. The second-order valence-corrected chi connectivity index (χ2v) is 4.64. The van der Waals surface area contributed by atoms with E-state index in [9.17, 15) is 0 Å². The van der Waals surface area contributed by atoms with Crippen molar-refractivity contribution in [2.45, 2.75) is 40.5 Å². The quantitative estimate of drug-likeness (QED) is 0.654. The predicted molar refractivity (Wildman–Crippen MR) is 74.6 cm³/mol. The van der Waals surface area contributed by atoms with Crippen molar-refractivity contribution in [3.05, 3.63) is 41.5 Å². The lowest BCUT2D eigenvalue weighted by molar-refractivity contribution is 0.317. The highest BCUT2D eigenvalue weighted by atomic mass is 16.5. The molecule has 0 bridgehead atoms. The molecule has 1 nitrogen and oxygen atoms in total. The normalized spacial score (nSPS) is 12.9. The average molecular weight is 232 g/mol. The highest BCUT2D eigenvalue weighted by molar-refractivity contribution is 5.35. The molecule has 0 amide bonds. The molecule has 0 aromatic heterocycles. The molecule has 0 fully saturated rings. The first-order valence-corrected chi connectivity index (χ1v) is 6.52. The Bertz CT molecular complexity index is 366. The Morgan fingerprint density at radius 2 is 2.12 bits per heavy atom. The topological polar surface area (TPSA) is 9.23 Å². The Hall–Kier alpha value is -1.24. The van der Waals surface area contributed by atoms with E-state index in [0.717, 1.165) is 25.2 Å². The monoisotopic (exact) mass is 232 g/mol. The van der Waals surface area contributed by atoms with Gasteiger partial charge < -0.3 is 4.74 Å². The Morgan fingerprint density at radius 3 is 2.71 bits per heavy atom. The second-order valence-electron chi connectivity index (χ2n) is 4.64. The van der Waals surface area contributed by atoms with E-state index in [4.69, 9.17) is 4.74 Å². The summed E-state index contributed by atoms with van der Waals surface area (Å²) in [5.41, 5.74) is 2.74. The number of rotatable bonds is 6. The fraction of sp³-hybridized carbons (Fsp3) is 0.500. The average Bonchev–Trinajstić information content (AvgIpc) is 2.30. The van der Waals surface area contributed by atoms with Crippen LogP contribution in [0.4, 0.5) is 0 Å². The van der Waals surface area contributed by atoms with Gasteiger partial charge in [0.05, 0.1) is 6.61 Å². The van der Waals surface area contributed by atoms with Crippen molar-refractivity contribution < 1.29 is 4.74 Å². The van der Waals surface area contributed by atoms with E-state index in [2.05, 4.69) is 58.0 Å². The van der Waals surface area contributed by atoms with Gasteiger partial charge in [-0.15, -0.1) is 0 Å². The van der Waals surface area contributed by atoms with Crippen LogP contribution in [0.25, 0.3) is 0 Å². The summed E-state index contributed by atoms with van der Waals surface area (Å²) in [5, 5.41) is 0. The summed E-state index contributed by atoms with van der Waals surface area (Å²) in [5.74, 6) is 1.59. The zero-order valence-corrected chi connectivity index (χ0v) is 11.5. The lowest BCUT2D eigenvalue weighted by atomic mass is 9.97. The summed E-state index contributed by atoms with van der Waals surface area (Å²) < 4.78 is 5.63. The third-order valence-corrected chi connectivity index (χ3v) is 2.85. The summed E-state index contributed by atoms with van der Waals surface area (Å²) in [6, 6.07) is 6.42. The highest BCUT2D eigenvalue weighted by Gasteiger charge is 2.04. The molecule has 1 aromatic carbocycles. The van der Waals surface area contributed by atoms with E-state index < -0.39 is 0 Å². The van der Waals surface area contributed by atoms with Gasteiger partial charge in [-0.05, 0) is 55.9 Å². The molecule has 0 heterocycles. The van der Waals surface area contributed by atoms with E-state index in [-0.39, 0.29) is 0 Å². The summed E-state index contributed by atoms with van der Waals surface area (Å²) in [7, 11) is 0. The second kappa shape index (κ2) is 7.16. The zero-order valence-electron chi connectivity index (χ0n) is 11.5. The maximum absolute atomic E-state index is 5.63. The zero-order chi connectivity index (χ0) is 12.7. The van der Waals surface area contributed by atoms with E-state index >= 15 is 0 Å². The van der Waals surface area contributed by atoms with E-state index in [1.165, 1.54) is 11.1 Å². The Morgan fingerprint density at radius 1 is 1.35 bits per heavy atom. The standard InChI is InChI=1S/C16H24O/c1-5-7-13(3)11-15-8-9-16(12-14(15)4)17-10-6-2/h5,7-9,12-13H,6,10-11H2,1-4H3/b7-5-. The molecule has 1 rings (SSSR count). The lowest BCUT2D eigenvalue weighted by Gasteiger charge is -2.12. The first-order chi connectivity index (χ1) is 8.17. The molecule has 1 heteroatoms. The number of aryl methyl sites for hydroxylation is 1. The number of hydrogen-bond donors (Lipinski definition) is 0. The van der Waals surface area contributed by atoms with Crippen LogP contribution < -0.4 is 4.74 Å². The van der Waals surface area contributed by atoms with Crippen molar-refractivity contribution in [1.82, 2.24) is 0 Å². The van der Waals surface area contributed by atoms with Gasteiger partial charge in [0.1, 0.15) is 5.75 Å². The summed E-state index contributed by atoms with van der Waals surface area (Å²) in [6.45, 7) is 9.41. The number of ether oxygens (including phenoxy) is 1. The number of hydrogen-bond acceptors (Lipinski definition) is 1. The van der Waals surface area contributed by atoms with Crippen LogP contribution in [0.2, 0.25) is 0 Å². The van der Waals surface area contributed by atoms with Gasteiger partial charge in [0.15, 0.2) is 0 Å². The highest BCUT2D eigenvalue weighted by Crippen LogP contribution is 2.20. The fourth-order valence-corrected chi connectivity index (χ4v) is 1.95. The van der Waals surface area contributed by atoms with Crippen molar-refractivity contribution >= 4 is 0 Å². The molecule has 1 atom stereocenters. The summed E-state index contributed by atoms with van der Waals surface area (Å²) in [4.78, 5) is 0.